The number of amides is 1. The number of hydrogen-bond donors (Lipinski definition) is 2. The topological polar surface area (TPSA) is 109 Å². The van der Waals surface area contributed by atoms with Gasteiger partial charge in [0.05, 0.1) is 10.7 Å². The summed E-state index contributed by atoms with van der Waals surface area (Å²) in [6, 6.07) is 0.999. The number of phenols is 2. The molecule has 2 aliphatic heterocycles. The van der Waals surface area contributed by atoms with Crippen LogP contribution in [0.2, 0.25) is 5.02 Å². The maximum atomic E-state index is 12.7. The lowest BCUT2D eigenvalue weighted by Gasteiger charge is -2.26. The number of aromatic hydroxyl groups is 2. The van der Waals surface area contributed by atoms with E-state index in [4.69, 9.17) is 21.2 Å². The van der Waals surface area contributed by atoms with Gasteiger partial charge in [-0.25, -0.2) is 4.79 Å². The summed E-state index contributed by atoms with van der Waals surface area (Å²) in [5, 5.41) is 24.4. The van der Waals surface area contributed by atoms with Crippen LogP contribution in [-0.4, -0.2) is 59.0 Å². The van der Waals surface area contributed by atoms with Gasteiger partial charge in [-0.2, -0.15) is 0 Å². The highest BCUT2D eigenvalue weighted by atomic mass is 35.5. The van der Waals surface area contributed by atoms with E-state index in [1.54, 1.807) is 17.1 Å². The molecule has 2 aliphatic rings. The smallest absolute Gasteiger partial charge is 0.342 e. The number of cyclic esters (lactones) is 1. The Kier molecular flexibility index (Phi) is 8.77. The molecular formula is C24H29ClN2O6. The van der Waals surface area contributed by atoms with Gasteiger partial charge in [-0.3, -0.25) is 4.79 Å². The van der Waals surface area contributed by atoms with Crippen LogP contribution in [0.25, 0.3) is 0 Å². The number of piperidine rings is 1. The monoisotopic (exact) mass is 476 g/mol. The first kappa shape index (κ1) is 24.6. The summed E-state index contributed by atoms with van der Waals surface area (Å²) in [5.41, 5.74) is 0.381. The van der Waals surface area contributed by atoms with Gasteiger partial charge in [0, 0.05) is 25.6 Å². The summed E-state index contributed by atoms with van der Waals surface area (Å²) in [5.74, 6) is -1.54. The van der Waals surface area contributed by atoms with Crippen molar-refractivity contribution in [3.63, 3.8) is 0 Å². The van der Waals surface area contributed by atoms with E-state index in [9.17, 15) is 19.8 Å². The number of ether oxygens (including phenoxy) is 1. The summed E-state index contributed by atoms with van der Waals surface area (Å²) in [6.07, 6.45) is 11.0. The van der Waals surface area contributed by atoms with Gasteiger partial charge >= 0.3 is 5.97 Å². The second-order valence-electron chi connectivity index (χ2n) is 8.20. The molecular weight excluding hydrogens is 448 g/mol. The minimum atomic E-state index is -0.773. The van der Waals surface area contributed by atoms with Gasteiger partial charge in [-0.1, -0.05) is 41.9 Å². The van der Waals surface area contributed by atoms with Crippen molar-refractivity contribution in [1.82, 2.24) is 4.90 Å². The molecule has 0 saturated carbocycles. The maximum absolute atomic E-state index is 12.7. The highest BCUT2D eigenvalue weighted by Gasteiger charge is 2.24. The predicted molar refractivity (Wildman–Crippen MR) is 125 cm³/mol. The quantitative estimate of drug-likeness (QED) is 0.388. The first-order valence-corrected chi connectivity index (χ1v) is 11.4. The summed E-state index contributed by atoms with van der Waals surface area (Å²) in [4.78, 5) is 32.1. The molecule has 0 bridgehead atoms. The van der Waals surface area contributed by atoms with E-state index in [-0.39, 0.29) is 53.4 Å². The zero-order chi connectivity index (χ0) is 23.8. The maximum Gasteiger partial charge on any atom is 0.342 e. The van der Waals surface area contributed by atoms with Crippen molar-refractivity contribution < 1.29 is 29.4 Å². The molecule has 1 aromatic rings. The summed E-state index contributed by atoms with van der Waals surface area (Å²) in [7, 11) is 0. The number of benzene rings is 1. The lowest BCUT2D eigenvalue weighted by atomic mass is 9.99. The van der Waals surface area contributed by atoms with E-state index in [2.05, 4.69) is 5.16 Å². The fraction of sp³-hybridized carbons (Fsp3) is 0.458. The first-order valence-electron chi connectivity index (χ1n) is 11.1. The van der Waals surface area contributed by atoms with Crippen LogP contribution in [0.15, 0.2) is 35.5 Å². The van der Waals surface area contributed by atoms with Gasteiger partial charge in [-0.05, 0) is 43.2 Å². The van der Waals surface area contributed by atoms with Gasteiger partial charge in [0.2, 0.25) is 0 Å². The van der Waals surface area contributed by atoms with Gasteiger partial charge in [0.25, 0.3) is 5.91 Å². The molecule has 8 nitrogen and oxygen atoms in total. The Balaban J connectivity index is 1.88. The second kappa shape index (κ2) is 11.7. The van der Waals surface area contributed by atoms with Crippen LogP contribution in [0, 0.1) is 5.92 Å². The number of carbonyl (C=O) groups is 2. The molecule has 1 fully saturated rings. The van der Waals surface area contributed by atoms with Crippen molar-refractivity contribution in [3.8, 4) is 11.5 Å². The number of nitrogens with zero attached hydrogens (tertiary/aromatic N) is 2. The third-order valence-electron chi connectivity index (χ3n) is 5.56. The number of phenolic OH excluding ortho intramolecular Hbond substituents is 2. The van der Waals surface area contributed by atoms with Crippen LogP contribution < -0.4 is 0 Å². The van der Waals surface area contributed by atoms with E-state index < -0.39 is 11.7 Å². The third-order valence-corrected chi connectivity index (χ3v) is 5.98. The number of esters is 1. The molecule has 9 heteroatoms. The van der Waals surface area contributed by atoms with Crippen molar-refractivity contribution in [2.45, 2.75) is 39.0 Å². The Morgan fingerprint density at radius 2 is 2.00 bits per heavy atom. The van der Waals surface area contributed by atoms with Crippen LogP contribution in [-0.2, 0) is 20.8 Å². The number of allylic oxidation sites excluding steroid dienone is 3. The molecule has 0 radical (unpaired) electrons. The second-order valence-corrected chi connectivity index (χ2v) is 8.58. The molecule has 0 aliphatic carbocycles. The fourth-order valence-electron chi connectivity index (χ4n) is 3.77. The van der Waals surface area contributed by atoms with Gasteiger partial charge in [0.1, 0.15) is 23.7 Å². The normalized spacial score (nSPS) is 20.9. The largest absolute Gasteiger partial charge is 0.507 e. The van der Waals surface area contributed by atoms with Gasteiger partial charge in [-0.15, -0.1) is 0 Å². The average molecular weight is 477 g/mol. The molecule has 2 heterocycles. The molecule has 1 unspecified atom stereocenters. The highest BCUT2D eigenvalue weighted by Crippen LogP contribution is 2.37. The first-order chi connectivity index (χ1) is 15.9. The molecule has 2 N–H and O–H groups in total. The van der Waals surface area contributed by atoms with Crippen LogP contribution in [0.3, 0.4) is 0 Å². The van der Waals surface area contributed by atoms with E-state index in [1.807, 2.05) is 19.1 Å². The van der Waals surface area contributed by atoms with Crippen molar-refractivity contribution in [3.05, 3.63) is 46.5 Å². The van der Waals surface area contributed by atoms with E-state index >= 15 is 0 Å². The standard InChI is InChI=1S/C24H29ClN2O6/c1-16-7-5-9-17(26-33-15-21(30)27-10-3-2-4-11-27)13-18-22(24(31)32-12-6-8-16)19(28)14-20(29)23(18)25/h5-6,8-9,14,16,28-29H,2-4,7,10-13,15H2,1H3. The predicted octanol–water partition coefficient (Wildman–Crippen LogP) is 3.99. The number of fused-ring (bicyclic) bond motifs is 1. The Bertz CT molecular complexity index is 966. The van der Waals surface area contributed by atoms with Crippen LogP contribution >= 0.6 is 11.6 Å². The van der Waals surface area contributed by atoms with Gasteiger partial charge < -0.3 is 24.7 Å². The summed E-state index contributed by atoms with van der Waals surface area (Å²) >= 11 is 6.28. The molecule has 0 aromatic heterocycles. The van der Waals surface area contributed by atoms with E-state index in [0.717, 1.165) is 25.3 Å². The number of hydrogen-bond acceptors (Lipinski definition) is 7. The Labute approximate surface area is 198 Å². The number of carbonyl (C=O) groups excluding carboxylic acids is 2. The molecule has 33 heavy (non-hydrogen) atoms. The van der Waals surface area contributed by atoms with Crippen molar-refractivity contribution in [1.29, 1.82) is 0 Å². The van der Waals surface area contributed by atoms with Gasteiger partial charge in [0.15, 0.2) is 6.61 Å². The Morgan fingerprint density at radius 3 is 2.76 bits per heavy atom. The number of rotatable bonds is 3. The SMILES string of the molecule is CC1C=CCOC(=O)c2c(O)cc(O)c(Cl)c2CC(=NOCC(=O)N2CCCCC2)C=CC1. The molecule has 1 atom stereocenters. The van der Waals surface area contributed by atoms with Crippen LogP contribution in [0.4, 0.5) is 0 Å². The molecule has 3 rings (SSSR count). The zero-order valence-corrected chi connectivity index (χ0v) is 19.4. The Morgan fingerprint density at radius 1 is 1.24 bits per heavy atom. The van der Waals surface area contributed by atoms with Crippen molar-refractivity contribution >= 4 is 29.2 Å². The van der Waals surface area contributed by atoms with Crippen LogP contribution in [0.5, 0.6) is 11.5 Å². The summed E-state index contributed by atoms with van der Waals surface area (Å²) in [6.45, 7) is 3.28. The van der Waals surface area contributed by atoms with E-state index in [0.29, 0.717) is 25.2 Å². The van der Waals surface area contributed by atoms with Crippen molar-refractivity contribution in [2.24, 2.45) is 11.1 Å². The number of likely N-dealkylation sites (tertiary alicyclic amines) is 1. The Hall–Kier alpha value is -3.00. The average Bonchev–Trinajstić information content (AvgIpc) is 2.80. The highest BCUT2D eigenvalue weighted by molar-refractivity contribution is 6.33. The zero-order valence-electron chi connectivity index (χ0n) is 18.6. The molecule has 0 spiro atoms. The molecule has 1 aromatic carbocycles. The van der Waals surface area contributed by atoms with Crippen LogP contribution in [0.1, 0.15) is 48.5 Å². The lowest BCUT2D eigenvalue weighted by molar-refractivity contribution is -0.137. The van der Waals surface area contributed by atoms with E-state index in [1.165, 1.54) is 0 Å². The number of halogens is 1. The lowest BCUT2D eigenvalue weighted by Crippen LogP contribution is -2.37. The number of oxime groups is 1. The minimum Gasteiger partial charge on any atom is -0.507 e. The fourth-order valence-corrected chi connectivity index (χ4v) is 3.98. The summed E-state index contributed by atoms with van der Waals surface area (Å²) < 4.78 is 5.25. The van der Waals surface area contributed by atoms with Crippen molar-refractivity contribution in [2.75, 3.05) is 26.3 Å². The minimum absolute atomic E-state index is 0.0263. The molecule has 1 amide bonds. The molecule has 1 saturated heterocycles. The third kappa shape index (κ3) is 6.74. The molecule has 178 valence electrons.